The minimum absolute atomic E-state index is 0.0555. The van der Waals surface area contributed by atoms with Crippen molar-refractivity contribution in [2.45, 2.75) is 25.8 Å². The lowest BCUT2D eigenvalue weighted by molar-refractivity contribution is -0.121. The molecule has 100 valence electrons. The van der Waals surface area contributed by atoms with Crippen LogP contribution in [0.4, 0.5) is 0 Å². The summed E-state index contributed by atoms with van der Waals surface area (Å²) in [4.78, 5) is 13.0. The van der Waals surface area contributed by atoms with Gasteiger partial charge in [0, 0.05) is 17.8 Å². The fraction of sp³-hybridized carbons (Fsp3) is 0.267. The molecule has 2 rings (SSSR count). The summed E-state index contributed by atoms with van der Waals surface area (Å²) in [6.07, 6.45) is 2.36. The average Bonchev–Trinajstić information content (AvgIpc) is 2.90. The van der Waals surface area contributed by atoms with Crippen molar-refractivity contribution in [2.75, 3.05) is 0 Å². The Morgan fingerprint density at radius 2 is 2.16 bits per heavy atom. The van der Waals surface area contributed by atoms with Crippen LogP contribution in [0.3, 0.4) is 0 Å². The smallest absolute Gasteiger partial charge is 0.220 e. The quantitative estimate of drug-likeness (QED) is 0.851. The van der Waals surface area contributed by atoms with E-state index in [1.165, 1.54) is 4.88 Å². The van der Waals surface area contributed by atoms with E-state index in [9.17, 15) is 9.90 Å². The van der Waals surface area contributed by atoms with E-state index in [1.807, 2.05) is 12.1 Å². The molecule has 0 unspecified atom stereocenters. The number of nitrogens with one attached hydrogen (secondary N) is 1. The van der Waals surface area contributed by atoms with E-state index in [1.54, 1.807) is 29.5 Å². The van der Waals surface area contributed by atoms with E-state index in [-0.39, 0.29) is 11.7 Å². The molecule has 2 aromatic rings. The van der Waals surface area contributed by atoms with Crippen LogP contribution in [0.15, 0.2) is 41.8 Å². The van der Waals surface area contributed by atoms with Crippen LogP contribution in [0.5, 0.6) is 5.75 Å². The van der Waals surface area contributed by atoms with Gasteiger partial charge in [0.1, 0.15) is 5.75 Å². The van der Waals surface area contributed by atoms with Crippen LogP contribution in [-0.4, -0.2) is 11.0 Å². The Labute approximate surface area is 116 Å². The van der Waals surface area contributed by atoms with Gasteiger partial charge >= 0.3 is 0 Å². The van der Waals surface area contributed by atoms with Gasteiger partial charge in [0.05, 0.1) is 0 Å². The molecule has 0 atom stereocenters. The highest BCUT2D eigenvalue weighted by Gasteiger charge is 2.02. The Bertz CT molecular complexity index is 523. The molecular weight excluding hydrogens is 258 g/mol. The van der Waals surface area contributed by atoms with Crippen molar-refractivity contribution in [3.63, 3.8) is 0 Å². The van der Waals surface area contributed by atoms with Gasteiger partial charge in [0.15, 0.2) is 0 Å². The fourth-order valence-corrected chi connectivity index (χ4v) is 2.58. The van der Waals surface area contributed by atoms with Crippen LogP contribution >= 0.6 is 11.3 Å². The lowest BCUT2D eigenvalue weighted by Crippen LogP contribution is -2.22. The first-order chi connectivity index (χ1) is 9.24. The lowest BCUT2D eigenvalue weighted by Gasteiger charge is -2.05. The molecule has 0 aliphatic rings. The number of carbonyl (C=O) groups is 1. The maximum absolute atomic E-state index is 11.7. The van der Waals surface area contributed by atoms with Crippen molar-refractivity contribution in [2.24, 2.45) is 0 Å². The molecule has 2 N–H and O–H groups in total. The van der Waals surface area contributed by atoms with E-state index >= 15 is 0 Å². The number of phenolic OH excluding ortho intramolecular Hbond substituents is 1. The van der Waals surface area contributed by atoms with E-state index in [0.717, 1.165) is 18.4 Å². The molecule has 3 nitrogen and oxygen atoms in total. The van der Waals surface area contributed by atoms with Gasteiger partial charge in [-0.3, -0.25) is 4.79 Å². The van der Waals surface area contributed by atoms with E-state index < -0.39 is 0 Å². The minimum atomic E-state index is 0.0555. The minimum Gasteiger partial charge on any atom is -0.508 e. The topological polar surface area (TPSA) is 49.3 Å². The Morgan fingerprint density at radius 1 is 1.26 bits per heavy atom. The lowest BCUT2D eigenvalue weighted by atomic mass is 10.2. The maximum Gasteiger partial charge on any atom is 0.220 e. The highest BCUT2D eigenvalue weighted by Crippen LogP contribution is 2.12. The number of aromatic hydroxyl groups is 1. The molecule has 1 amide bonds. The summed E-state index contributed by atoms with van der Waals surface area (Å²) in [6, 6.07) is 11.1. The molecule has 0 radical (unpaired) electrons. The summed E-state index contributed by atoms with van der Waals surface area (Å²) in [5.41, 5.74) is 0.909. The van der Waals surface area contributed by atoms with Crippen LogP contribution in [-0.2, 0) is 17.8 Å². The number of hydrogen-bond acceptors (Lipinski definition) is 3. The van der Waals surface area contributed by atoms with E-state index in [2.05, 4.69) is 16.8 Å². The van der Waals surface area contributed by atoms with Crippen molar-refractivity contribution in [1.29, 1.82) is 0 Å². The largest absolute Gasteiger partial charge is 0.508 e. The second-order valence-electron chi connectivity index (χ2n) is 4.38. The Morgan fingerprint density at radius 3 is 2.89 bits per heavy atom. The Kier molecular flexibility index (Phi) is 4.98. The molecule has 0 aliphatic carbocycles. The number of thiophene rings is 1. The van der Waals surface area contributed by atoms with Crippen LogP contribution in [0, 0.1) is 0 Å². The summed E-state index contributed by atoms with van der Waals surface area (Å²) in [7, 11) is 0. The molecule has 0 aliphatic heterocycles. The van der Waals surface area contributed by atoms with Gasteiger partial charge in [-0.1, -0.05) is 18.2 Å². The third-order valence-electron chi connectivity index (χ3n) is 2.81. The summed E-state index contributed by atoms with van der Waals surface area (Å²) < 4.78 is 0. The fourth-order valence-electron chi connectivity index (χ4n) is 1.83. The number of aryl methyl sites for hydroxylation is 1. The second-order valence-corrected chi connectivity index (χ2v) is 5.41. The molecule has 19 heavy (non-hydrogen) atoms. The first kappa shape index (κ1) is 13.6. The Balaban J connectivity index is 1.67. The molecule has 1 aromatic carbocycles. The molecule has 0 saturated carbocycles. The van der Waals surface area contributed by atoms with Crippen molar-refractivity contribution in [3.8, 4) is 5.75 Å². The third-order valence-corrected chi connectivity index (χ3v) is 3.74. The maximum atomic E-state index is 11.7. The molecule has 0 saturated heterocycles. The zero-order valence-corrected chi connectivity index (χ0v) is 11.5. The zero-order valence-electron chi connectivity index (χ0n) is 10.6. The first-order valence-corrected chi connectivity index (χ1v) is 7.19. The van der Waals surface area contributed by atoms with Gasteiger partial charge in [-0.2, -0.15) is 0 Å². The van der Waals surface area contributed by atoms with Crippen LogP contribution in [0.25, 0.3) is 0 Å². The van der Waals surface area contributed by atoms with Crippen molar-refractivity contribution >= 4 is 17.2 Å². The van der Waals surface area contributed by atoms with Crippen LogP contribution in [0.1, 0.15) is 23.3 Å². The van der Waals surface area contributed by atoms with Gasteiger partial charge in [-0.05, 0) is 42.0 Å². The normalized spacial score (nSPS) is 10.3. The number of phenols is 1. The van der Waals surface area contributed by atoms with Crippen molar-refractivity contribution in [3.05, 3.63) is 52.2 Å². The van der Waals surface area contributed by atoms with Crippen molar-refractivity contribution < 1.29 is 9.90 Å². The summed E-state index contributed by atoms with van der Waals surface area (Å²) in [5, 5.41) is 14.2. The highest BCUT2D eigenvalue weighted by molar-refractivity contribution is 7.09. The molecule has 1 aromatic heterocycles. The molecular formula is C15H17NO2S. The van der Waals surface area contributed by atoms with Gasteiger partial charge in [0.25, 0.3) is 0 Å². The van der Waals surface area contributed by atoms with Gasteiger partial charge in [0.2, 0.25) is 5.91 Å². The molecule has 1 heterocycles. The zero-order chi connectivity index (χ0) is 13.5. The predicted molar refractivity (Wildman–Crippen MR) is 77.2 cm³/mol. The highest BCUT2D eigenvalue weighted by atomic mass is 32.1. The monoisotopic (exact) mass is 275 g/mol. The Hall–Kier alpha value is -1.81. The predicted octanol–water partition coefficient (Wildman–Crippen LogP) is 3.09. The number of amides is 1. The summed E-state index contributed by atoms with van der Waals surface area (Å²) in [6.45, 7) is 0.465. The average molecular weight is 275 g/mol. The van der Waals surface area contributed by atoms with Crippen LogP contribution in [0.2, 0.25) is 0 Å². The van der Waals surface area contributed by atoms with Gasteiger partial charge < -0.3 is 10.4 Å². The second kappa shape index (κ2) is 6.95. The number of carbonyl (C=O) groups excluding carboxylic acids is 1. The van der Waals surface area contributed by atoms with E-state index in [0.29, 0.717) is 13.0 Å². The molecule has 0 fully saturated rings. The molecule has 0 bridgehead atoms. The van der Waals surface area contributed by atoms with E-state index in [4.69, 9.17) is 0 Å². The molecule has 4 heteroatoms. The summed E-state index contributed by atoms with van der Waals surface area (Å²) >= 11 is 1.73. The number of hydrogen-bond donors (Lipinski definition) is 2. The van der Waals surface area contributed by atoms with Crippen LogP contribution < -0.4 is 5.32 Å². The van der Waals surface area contributed by atoms with Gasteiger partial charge in [-0.25, -0.2) is 0 Å². The number of rotatable bonds is 6. The summed E-state index contributed by atoms with van der Waals surface area (Å²) in [5.74, 6) is 0.282. The first-order valence-electron chi connectivity index (χ1n) is 6.31. The number of benzene rings is 1. The molecule has 0 spiro atoms. The van der Waals surface area contributed by atoms with Crippen molar-refractivity contribution in [1.82, 2.24) is 5.32 Å². The SMILES string of the molecule is O=C(CCCc1cccs1)NCc1cccc(O)c1. The standard InChI is InChI=1S/C15H17NO2S/c17-13-5-1-4-12(10-13)11-16-15(18)8-2-6-14-7-3-9-19-14/h1,3-5,7,9-10,17H,2,6,8,11H2,(H,16,18). The van der Waals surface area contributed by atoms with Gasteiger partial charge in [-0.15, -0.1) is 11.3 Å². The third kappa shape index (κ3) is 4.75.